The maximum absolute atomic E-state index is 5.34. The Labute approximate surface area is 85.9 Å². The zero-order chi connectivity index (χ0) is 10.4. The topological polar surface area (TPSA) is 116 Å². The molecular formula is C7H13N5OS. The van der Waals surface area contributed by atoms with Crippen molar-refractivity contribution in [2.24, 2.45) is 22.2 Å². The van der Waals surface area contributed by atoms with E-state index in [9.17, 15) is 0 Å². The van der Waals surface area contributed by atoms with E-state index in [1.807, 2.05) is 0 Å². The van der Waals surface area contributed by atoms with Crippen LogP contribution in [0.2, 0.25) is 0 Å². The molecule has 6 nitrogen and oxygen atoms in total. The van der Waals surface area contributed by atoms with Crippen molar-refractivity contribution in [3.05, 3.63) is 12.0 Å². The quantitative estimate of drug-likeness (QED) is 0.355. The summed E-state index contributed by atoms with van der Waals surface area (Å²) in [6.45, 7) is 0.656. The van der Waals surface area contributed by atoms with Crippen LogP contribution in [0.3, 0.4) is 0 Å². The van der Waals surface area contributed by atoms with E-state index < -0.39 is 0 Å². The van der Waals surface area contributed by atoms with Gasteiger partial charge in [0.2, 0.25) is 0 Å². The van der Waals surface area contributed by atoms with Gasteiger partial charge < -0.3 is 21.6 Å². The van der Waals surface area contributed by atoms with Gasteiger partial charge in [-0.3, -0.25) is 0 Å². The molecule has 0 unspecified atom stereocenters. The number of rotatable bonds is 5. The molecule has 0 atom stereocenters. The second-order valence-corrected chi connectivity index (χ2v) is 3.60. The van der Waals surface area contributed by atoms with Crippen LogP contribution in [-0.2, 0) is 5.75 Å². The number of nitrogens with zero attached hydrogens (tertiary/aromatic N) is 2. The van der Waals surface area contributed by atoms with E-state index in [-0.39, 0.29) is 12.0 Å². The van der Waals surface area contributed by atoms with Gasteiger partial charge in [-0.2, -0.15) is 21.7 Å². The second kappa shape index (κ2) is 5.51. The molecule has 7 heteroatoms. The first kappa shape index (κ1) is 10.9. The number of hydrogen-bond acceptors (Lipinski definition) is 5. The predicted molar refractivity (Wildman–Crippen MR) is 57.2 cm³/mol. The highest BCUT2D eigenvalue weighted by Crippen LogP contribution is 2.15. The van der Waals surface area contributed by atoms with Gasteiger partial charge in [-0.15, -0.1) is 0 Å². The summed E-state index contributed by atoms with van der Waals surface area (Å²) in [7, 11) is 0. The van der Waals surface area contributed by atoms with E-state index in [0.29, 0.717) is 6.54 Å². The zero-order valence-corrected chi connectivity index (χ0v) is 8.46. The van der Waals surface area contributed by atoms with Gasteiger partial charge in [0.15, 0.2) is 5.96 Å². The van der Waals surface area contributed by atoms with Crippen LogP contribution in [0.25, 0.3) is 0 Å². The molecule has 1 aromatic rings. The van der Waals surface area contributed by atoms with Gasteiger partial charge in [-0.25, -0.2) is 0 Å². The molecule has 14 heavy (non-hydrogen) atoms. The van der Waals surface area contributed by atoms with E-state index >= 15 is 0 Å². The number of thioether (sulfide) groups is 1. The highest BCUT2D eigenvalue weighted by atomic mass is 32.2. The summed E-state index contributed by atoms with van der Waals surface area (Å²) in [5.74, 6) is 1.58. The molecule has 0 bridgehead atoms. The van der Waals surface area contributed by atoms with Gasteiger partial charge in [-0.1, -0.05) is 0 Å². The Morgan fingerprint density at radius 2 is 2.36 bits per heavy atom. The summed E-state index contributed by atoms with van der Waals surface area (Å²) in [5, 5.41) is 0. The Morgan fingerprint density at radius 3 is 3.00 bits per heavy atom. The number of hydrogen-bond donors (Lipinski definition) is 3. The van der Waals surface area contributed by atoms with Crippen molar-refractivity contribution in [2.75, 3.05) is 12.3 Å². The molecule has 0 spiro atoms. The lowest BCUT2D eigenvalue weighted by Gasteiger charge is -1.92. The van der Waals surface area contributed by atoms with Gasteiger partial charge in [0.05, 0.1) is 5.69 Å². The summed E-state index contributed by atoms with van der Waals surface area (Å²) in [6.07, 6.45) is 1.53. The fraction of sp³-hybridized carbons (Fsp3) is 0.429. The van der Waals surface area contributed by atoms with Crippen molar-refractivity contribution in [2.45, 2.75) is 5.75 Å². The largest absolute Gasteiger partial charge is 0.430 e. The van der Waals surface area contributed by atoms with E-state index in [1.165, 1.54) is 6.26 Å². The summed E-state index contributed by atoms with van der Waals surface area (Å²) < 4.78 is 5.00. The minimum Gasteiger partial charge on any atom is -0.430 e. The van der Waals surface area contributed by atoms with Crippen LogP contribution in [0.4, 0.5) is 6.01 Å². The highest BCUT2D eigenvalue weighted by Gasteiger charge is 2.02. The third-order valence-corrected chi connectivity index (χ3v) is 2.30. The molecule has 1 rings (SSSR count). The van der Waals surface area contributed by atoms with Crippen LogP contribution in [0.15, 0.2) is 15.7 Å². The maximum atomic E-state index is 5.34. The van der Waals surface area contributed by atoms with Crippen LogP contribution < -0.4 is 17.2 Å². The van der Waals surface area contributed by atoms with Crippen LogP contribution in [0, 0.1) is 0 Å². The maximum Gasteiger partial charge on any atom is 0.325 e. The molecule has 0 saturated heterocycles. The molecule has 0 aromatic carbocycles. The van der Waals surface area contributed by atoms with Crippen molar-refractivity contribution in [1.29, 1.82) is 0 Å². The van der Waals surface area contributed by atoms with Crippen LogP contribution in [0.1, 0.15) is 5.69 Å². The van der Waals surface area contributed by atoms with Crippen LogP contribution >= 0.6 is 11.8 Å². The molecule has 0 aliphatic carbocycles. The van der Waals surface area contributed by atoms with Gasteiger partial charge in [0, 0.05) is 18.1 Å². The third kappa shape index (κ3) is 3.67. The van der Waals surface area contributed by atoms with Crippen molar-refractivity contribution < 1.29 is 4.42 Å². The minimum absolute atomic E-state index is 0.0620. The number of aromatic nitrogens is 1. The molecule has 0 saturated carbocycles. The third-order valence-electron chi connectivity index (χ3n) is 1.28. The van der Waals surface area contributed by atoms with Gasteiger partial charge in [-0.05, 0) is 0 Å². The number of oxazole rings is 1. The second-order valence-electron chi connectivity index (χ2n) is 2.50. The Hall–Kier alpha value is -1.21. The minimum atomic E-state index is -0.0620. The van der Waals surface area contributed by atoms with Crippen LogP contribution in [-0.4, -0.2) is 23.2 Å². The molecule has 0 aliphatic rings. The normalized spacial score (nSPS) is 10.1. The standard InChI is InChI=1S/C7H13N5OS/c8-1-2-14-4-5-3-13-7(11-5)12-6(9)10/h3H,1-2,4,8H2,(H4,9,10,11,12). The molecule has 0 fully saturated rings. The van der Waals surface area contributed by atoms with Crippen molar-refractivity contribution in [3.63, 3.8) is 0 Å². The van der Waals surface area contributed by atoms with Crippen molar-refractivity contribution in [3.8, 4) is 0 Å². The van der Waals surface area contributed by atoms with E-state index in [2.05, 4.69) is 9.98 Å². The summed E-state index contributed by atoms with van der Waals surface area (Å²) in [4.78, 5) is 7.72. The van der Waals surface area contributed by atoms with Gasteiger partial charge >= 0.3 is 6.01 Å². The van der Waals surface area contributed by atoms with E-state index in [1.54, 1.807) is 11.8 Å². The number of nitrogens with two attached hydrogens (primary N) is 3. The van der Waals surface area contributed by atoms with Gasteiger partial charge in [0.1, 0.15) is 6.26 Å². The molecule has 78 valence electrons. The zero-order valence-electron chi connectivity index (χ0n) is 7.64. The Kier molecular flexibility index (Phi) is 4.27. The first-order valence-corrected chi connectivity index (χ1v) is 5.19. The lowest BCUT2D eigenvalue weighted by molar-refractivity contribution is 0.568. The number of guanidine groups is 1. The molecule has 0 aliphatic heterocycles. The molecule has 0 amide bonds. The fourth-order valence-electron chi connectivity index (χ4n) is 0.784. The molecule has 0 radical (unpaired) electrons. The average molecular weight is 215 g/mol. The smallest absolute Gasteiger partial charge is 0.325 e. The lowest BCUT2D eigenvalue weighted by Crippen LogP contribution is -2.21. The Balaban J connectivity index is 2.47. The van der Waals surface area contributed by atoms with E-state index in [4.69, 9.17) is 21.6 Å². The monoisotopic (exact) mass is 215 g/mol. The van der Waals surface area contributed by atoms with Crippen molar-refractivity contribution >= 4 is 23.7 Å². The lowest BCUT2D eigenvalue weighted by atomic mass is 10.6. The first-order valence-electron chi connectivity index (χ1n) is 4.04. The molecule has 6 N–H and O–H groups in total. The van der Waals surface area contributed by atoms with E-state index in [0.717, 1.165) is 17.2 Å². The molecular weight excluding hydrogens is 202 g/mol. The summed E-state index contributed by atoms with van der Waals surface area (Å²) in [5.41, 5.74) is 16.5. The molecule has 1 aromatic heterocycles. The van der Waals surface area contributed by atoms with Crippen LogP contribution in [0.5, 0.6) is 0 Å². The number of aliphatic imine (C=N–C) groups is 1. The molecule has 1 heterocycles. The predicted octanol–water partition coefficient (Wildman–Crippen LogP) is -0.229. The summed E-state index contributed by atoms with van der Waals surface area (Å²) in [6, 6.07) is 0.188. The Bertz CT molecular complexity index is 307. The Morgan fingerprint density at radius 1 is 1.57 bits per heavy atom. The highest BCUT2D eigenvalue weighted by molar-refractivity contribution is 7.98. The first-order chi connectivity index (χ1) is 6.72. The fourth-order valence-corrected chi connectivity index (χ4v) is 1.44. The van der Waals surface area contributed by atoms with Gasteiger partial charge in [0.25, 0.3) is 0 Å². The average Bonchev–Trinajstić information content (AvgIpc) is 2.52. The van der Waals surface area contributed by atoms with Crippen molar-refractivity contribution in [1.82, 2.24) is 4.98 Å². The summed E-state index contributed by atoms with van der Waals surface area (Å²) >= 11 is 1.68. The SMILES string of the molecule is NCCSCc1coc(N=C(N)N)n1.